The number of ether oxygens (including phenoxy) is 2. The summed E-state index contributed by atoms with van der Waals surface area (Å²) in [5.74, 6) is 0.943. The van der Waals surface area contributed by atoms with Crippen molar-refractivity contribution >= 4 is 17.3 Å². The summed E-state index contributed by atoms with van der Waals surface area (Å²) in [5.41, 5.74) is 2.85. The van der Waals surface area contributed by atoms with E-state index >= 15 is 0 Å². The predicted molar refractivity (Wildman–Crippen MR) is 132 cm³/mol. The summed E-state index contributed by atoms with van der Waals surface area (Å²) in [6, 6.07) is 21.9. The van der Waals surface area contributed by atoms with Crippen LogP contribution in [-0.4, -0.2) is 12.6 Å². The van der Waals surface area contributed by atoms with Crippen LogP contribution in [0.2, 0.25) is 0 Å². The fourth-order valence-corrected chi connectivity index (χ4v) is 3.34. The topological polar surface area (TPSA) is 60.3 Å². The van der Waals surface area contributed by atoms with Crippen LogP contribution in [0.3, 0.4) is 0 Å². The van der Waals surface area contributed by atoms with Gasteiger partial charge in [-0.2, -0.15) is 10.2 Å². The van der Waals surface area contributed by atoms with Crippen molar-refractivity contribution in [3.8, 4) is 11.5 Å². The van der Waals surface area contributed by atoms with Crippen molar-refractivity contribution in [3.05, 3.63) is 83.9 Å². The first-order valence-corrected chi connectivity index (χ1v) is 11.7. The van der Waals surface area contributed by atoms with Gasteiger partial charge in [0.25, 0.3) is 0 Å². The maximum Gasteiger partial charge on any atom is 0.343 e. The van der Waals surface area contributed by atoms with E-state index in [0.717, 1.165) is 35.7 Å². The molecular formula is C28H32N2O3. The zero-order valence-corrected chi connectivity index (χ0v) is 19.5. The molecule has 0 heterocycles. The molecular weight excluding hydrogens is 412 g/mol. The zero-order chi connectivity index (χ0) is 23.3. The van der Waals surface area contributed by atoms with E-state index in [-0.39, 0.29) is 5.97 Å². The summed E-state index contributed by atoms with van der Waals surface area (Å²) in [6.07, 6.45) is 7.50. The monoisotopic (exact) mass is 444 g/mol. The average molecular weight is 445 g/mol. The fourth-order valence-electron chi connectivity index (χ4n) is 3.34. The highest BCUT2D eigenvalue weighted by Crippen LogP contribution is 2.27. The molecule has 0 N–H and O–H groups in total. The largest absolute Gasteiger partial charge is 0.494 e. The van der Waals surface area contributed by atoms with Gasteiger partial charge in [-0.15, -0.1) is 0 Å². The number of azo groups is 1. The van der Waals surface area contributed by atoms with Crippen LogP contribution in [-0.2, 0) is 0 Å². The molecule has 0 aromatic heterocycles. The molecule has 0 amide bonds. The minimum atomic E-state index is -0.386. The summed E-state index contributed by atoms with van der Waals surface area (Å²) < 4.78 is 11.3. The number of hydrogen-bond acceptors (Lipinski definition) is 5. The number of carbonyl (C=O) groups excluding carboxylic acids is 1. The van der Waals surface area contributed by atoms with Crippen molar-refractivity contribution < 1.29 is 14.3 Å². The predicted octanol–water partition coefficient (Wildman–Crippen LogP) is 8.37. The van der Waals surface area contributed by atoms with Gasteiger partial charge in [0.15, 0.2) is 0 Å². The normalized spacial score (nSPS) is 11.0. The van der Waals surface area contributed by atoms with E-state index in [1.54, 1.807) is 42.5 Å². The molecule has 5 nitrogen and oxygen atoms in total. The molecule has 3 aromatic rings. The van der Waals surface area contributed by atoms with Crippen LogP contribution in [0.1, 0.15) is 61.4 Å². The number of benzene rings is 3. The van der Waals surface area contributed by atoms with E-state index in [1.807, 2.05) is 37.3 Å². The molecule has 5 heteroatoms. The lowest BCUT2D eigenvalue weighted by atomic mass is 10.1. The summed E-state index contributed by atoms with van der Waals surface area (Å²) in [4.78, 5) is 12.2. The van der Waals surface area contributed by atoms with E-state index in [1.165, 1.54) is 32.1 Å². The molecule has 0 aliphatic heterocycles. The molecule has 33 heavy (non-hydrogen) atoms. The Hall–Kier alpha value is -3.47. The van der Waals surface area contributed by atoms with Gasteiger partial charge in [0.1, 0.15) is 11.5 Å². The highest BCUT2D eigenvalue weighted by molar-refractivity contribution is 5.91. The van der Waals surface area contributed by atoms with E-state index in [9.17, 15) is 4.79 Å². The van der Waals surface area contributed by atoms with Crippen LogP contribution < -0.4 is 9.47 Å². The third-order valence-electron chi connectivity index (χ3n) is 5.26. The molecule has 0 bridgehead atoms. The minimum absolute atomic E-state index is 0.386. The van der Waals surface area contributed by atoms with E-state index in [0.29, 0.717) is 11.3 Å². The number of nitrogens with zero attached hydrogens (tertiary/aromatic N) is 2. The molecule has 0 saturated heterocycles. The molecule has 3 rings (SSSR count). The maximum absolute atomic E-state index is 12.2. The summed E-state index contributed by atoms with van der Waals surface area (Å²) >= 11 is 0. The lowest BCUT2D eigenvalue weighted by Crippen LogP contribution is -2.08. The number of rotatable bonds is 12. The number of esters is 1. The Labute approximate surface area is 196 Å². The first kappa shape index (κ1) is 24.2. The van der Waals surface area contributed by atoms with Crippen molar-refractivity contribution in [1.29, 1.82) is 0 Å². The first-order chi connectivity index (χ1) is 16.2. The summed E-state index contributed by atoms with van der Waals surface area (Å²) in [7, 11) is 0. The lowest BCUT2D eigenvalue weighted by molar-refractivity contribution is 0.0734. The van der Waals surface area contributed by atoms with Crippen LogP contribution in [0.4, 0.5) is 11.4 Å². The van der Waals surface area contributed by atoms with E-state index in [4.69, 9.17) is 9.47 Å². The number of carbonyl (C=O) groups is 1. The van der Waals surface area contributed by atoms with Gasteiger partial charge in [-0.05, 0) is 73.5 Å². The van der Waals surface area contributed by atoms with Gasteiger partial charge < -0.3 is 9.47 Å². The van der Waals surface area contributed by atoms with Gasteiger partial charge in [0, 0.05) is 0 Å². The van der Waals surface area contributed by atoms with Crippen molar-refractivity contribution in [2.75, 3.05) is 6.61 Å². The zero-order valence-electron chi connectivity index (χ0n) is 19.5. The maximum atomic E-state index is 12.2. The second kappa shape index (κ2) is 13.2. The second-order valence-corrected chi connectivity index (χ2v) is 8.01. The summed E-state index contributed by atoms with van der Waals surface area (Å²) in [6.45, 7) is 4.89. The average Bonchev–Trinajstić information content (AvgIpc) is 2.84. The Morgan fingerprint density at radius 1 is 0.788 bits per heavy atom. The highest BCUT2D eigenvalue weighted by atomic mass is 16.5. The van der Waals surface area contributed by atoms with Crippen LogP contribution in [0.25, 0.3) is 0 Å². The highest BCUT2D eigenvalue weighted by Gasteiger charge is 2.09. The van der Waals surface area contributed by atoms with Crippen molar-refractivity contribution in [1.82, 2.24) is 0 Å². The molecule has 0 spiro atoms. The molecule has 0 aliphatic rings. The van der Waals surface area contributed by atoms with Crippen molar-refractivity contribution in [2.24, 2.45) is 10.2 Å². The Balaban J connectivity index is 1.48. The fraction of sp³-hybridized carbons (Fsp3) is 0.321. The van der Waals surface area contributed by atoms with Gasteiger partial charge in [0.05, 0.1) is 23.5 Å². The van der Waals surface area contributed by atoms with Gasteiger partial charge >= 0.3 is 5.97 Å². The van der Waals surface area contributed by atoms with Gasteiger partial charge in [0.2, 0.25) is 0 Å². The van der Waals surface area contributed by atoms with Crippen LogP contribution in [0, 0.1) is 6.92 Å². The van der Waals surface area contributed by atoms with Crippen LogP contribution >= 0.6 is 0 Å². The molecule has 0 radical (unpaired) electrons. The SMILES string of the molecule is CCCCCCCCOc1ccc(N=Nc2ccc(OC(=O)c3ccccc3)cc2C)cc1. The molecule has 3 aromatic carbocycles. The number of aryl methyl sites for hydroxylation is 1. The quantitative estimate of drug-likeness (QED) is 0.122. The lowest BCUT2D eigenvalue weighted by Gasteiger charge is -2.07. The van der Waals surface area contributed by atoms with Gasteiger partial charge in [-0.3, -0.25) is 0 Å². The molecule has 0 saturated carbocycles. The standard InChI is InChI=1S/C28H32N2O3/c1-3-4-5-6-7-11-20-32-25-16-14-24(15-17-25)29-30-27-19-18-26(21-22(27)2)33-28(31)23-12-9-8-10-13-23/h8-10,12-19,21H,3-7,11,20H2,1-2H3. The van der Waals surface area contributed by atoms with E-state index < -0.39 is 0 Å². The first-order valence-electron chi connectivity index (χ1n) is 11.7. The van der Waals surface area contributed by atoms with Gasteiger partial charge in [-0.1, -0.05) is 57.2 Å². The van der Waals surface area contributed by atoms with Gasteiger partial charge in [-0.25, -0.2) is 4.79 Å². The molecule has 172 valence electrons. The van der Waals surface area contributed by atoms with Crippen molar-refractivity contribution in [2.45, 2.75) is 52.4 Å². The Morgan fingerprint density at radius 3 is 2.21 bits per heavy atom. The molecule has 0 aliphatic carbocycles. The van der Waals surface area contributed by atoms with Crippen LogP contribution in [0.15, 0.2) is 83.0 Å². The summed E-state index contributed by atoms with van der Waals surface area (Å²) in [5, 5.41) is 8.66. The minimum Gasteiger partial charge on any atom is -0.494 e. The Kier molecular flexibility index (Phi) is 9.64. The number of unbranched alkanes of at least 4 members (excludes halogenated alkanes) is 5. The van der Waals surface area contributed by atoms with Crippen molar-refractivity contribution in [3.63, 3.8) is 0 Å². The second-order valence-electron chi connectivity index (χ2n) is 8.01. The molecule has 0 unspecified atom stereocenters. The third kappa shape index (κ3) is 8.19. The Bertz CT molecular complexity index is 1030. The third-order valence-corrected chi connectivity index (χ3v) is 5.26. The Morgan fingerprint density at radius 2 is 1.48 bits per heavy atom. The molecule has 0 atom stereocenters. The van der Waals surface area contributed by atoms with Crippen LogP contribution in [0.5, 0.6) is 11.5 Å². The smallest absolute Gasteiger partial charge is 0.343 e. The number of hydrogen-bond donors (Lipinski definition) is 0. The molecule has 0 fully saturated rings. The van der Waals surface area contributed by atoms with E-state index in [2.05, 4.69) is 17.2 Å².